The third-order valence-corrected chi connectivity index (χ3v) is 3.50. The molecule has 1 aliphatic heterocycles. The van der Waals surface area contributed by atoms with Gasteiger partial charge in [-0.2, -0.15) is 0 Å². The Labute approximate surface area is 130 Å². The van der Waals surface area contributed by atoms with Gasteiger partial charge in [0.15, 0.2) is 24.0 Å². The fourth-order valence-corrected chi connectivity index (χ4v) is 2.31. The van der Waals surface area contributed by atoms with Gasteiger partial charge in [-0.3, -0.25) is 14.9 Å². The zero-order valence-electron chi connectivity index (χ0n) is 12.0. The summed E-state index contributed by atoms with van der Waals surface area (Å²) in [6, 6.07) is 8.10. The Bertz CT molecular complexity index is 790. The molecule has 1 heterocycles. The third kappa shape index (κ3) is 3.13. The van der Waals surface area contributed by atoms with Gasteiger partial charge in [0.2, 0.25) is 0 Å². The number of carbonyl (C=O) groups is 1. The van der Waals surface area contributed by atoms with E-state index in [0.29, 0.717) is 12.2 Å². The smallest absolute Gasteiger partial charge is 0.272 e. The molecule has 0 unspecified atom stereocenters. The number of hydrogen-bond donors (Lipinski definition) is 0. The maximum absolute atomic E-state index is 13.7. The molecule has 7 heteroatoms. The van der Waals surface area contributed by atoms with Crippen molar-refractivity contribution in [1.29, 1.82) is 0 Å². The predicted molar refractivity (Wildman–Crippen MR) is 78.5 cm³/mol. The molecule has 118 valence electrons. The number of nitro groups is 1. The van der Waals surface area contributed by atoms with E-state index in [2.05, 4.69) is 0 Å². The van der Waals surface area contributed by atoms with E-state index < -0.39 is 10.7 Å². The van der Waals surface area contributed by atoms with Crippen molar-refractivity contribution in [1.82, 2.24) is 0 Å². The van der Waals surface area contributed by atoms with E-state index in [0.717, 1.165) is 35.9 Å². The van der Waals surface area contributed by atoms with Gasteiger partial charge < -0.3 is 9.47 Å². The number of rotatable bonds is 5. The molecule has 3 rings (SSSR count). The number of carbonyl (C=O) groups excluding carboxylic acids is 1. The first-order valence-electron chi connectivity index (χ1n) is 6.90. The topological polar surface area (TPSA) is 78.7 Å². The van der Waals surface area contributed by atoms with Crippen LogP contribution in [0.3, 0.4) is 0 Å². The van der Waals surface area contributed by atoms with E-state index in [1.54, 1.807) is 18.2 Å². The summed E-state index contributed by atoms with van der Waals surface area (Å²) < 4.78 is 24.2. The summed E-state index contributed by atoms with van der Waals surface area (Å²) in [5.41, 5.74) is 1.04. The zero-order valence-corrected chi connectivity index (χ0v) is 12.0. The van der Waals surface area contributed by atoms with Crippen molar-refractivity contribution in [2.45, 2.75) is 6.42 Å². The van der Waals surface area contributed by atoms with Gasteiger partial charge in [-0.15, -0.1) is 0 Å². The van der Waals surface area contributed by atoms with Gasteiger partial charge in [0, 0.05) is 18.1 Å². The van der Waals surface area contributed by atoms with Crippen molar-refractivity contribution >= 4 is 11.5 Å². The van der Waals surface area contributed by atoms with Crippen LogP contribution < -0.4 is 9.47 Å². The molecule has 0 N–H and O–H groups in total. The lowest BCUT2D eigenvalue weighted by Crippen LogP contribution is -2.12. The average Bonchev–Trinajstić information content (AvgIpc) is 3.00. The molecule has 2 aromatic rings. The lowest BCUT2D eigenvalue weighted by Gasteiger charge is -2.07. The van der Waals surface area contributed by atoms with Gasteiger partial charge in [0.1, 0.15) is 5.75 Å². The lowest BCUT2D eigenvalue weighted by atomic mass is 10.1. The van der Waals surface area contributed by atoms with Crippen LogP contribution in [-0.2, 0) is 6.42 Å². The van der Waals surface area contributed by atoms with E-state index >= 15 is 0 Å². The minimum Gasteiger partial charge on any atom is -0.493 e. The van der Waals surface area contributed by atoms with Crippen LogP contribution in [-0.4, -0.2) is 23.9 Å². The molecule has 23 heavy (non-hydrogen) atoms. The second-order valence-electron chi connectivity index (χ2n) is 5.00. The summed E-state index contributed by atoms with van der Waals surface area (Å²) in [6.07, 6.45) is 0.744. The maximum Gasteiger partial charge on any atom is 0.272 e. The molecular formula is C16H12FNO5. The number of ketones is 1. The highest BCUT2D eigenvalue weighted by Gasteiger charge is 2.17. The number of halogens is 1. The zero-order chi connectivity index (χ0) is 16.4. The van der Waals surface area contributed by atoms with Gasteiger partial charge in [0.05, 0.1) is 17.6 Å². The van der Waals surface area contributed by atoms with Gasteiger partial charge in [-0.05, 0) is 29.8 Å². The Morgan fingerprint density at radius 2 is 2.13 bits per heavy atom. The number of ether oxygens (including phenoxy) is 2. The molecule has 0 atom stereocenters. The molecule has 0 amide bonds. The van der Waals surface area contributed by atoms with Crippen LogP contribution in [0.1, 0.15) is 15.9 Å². The lowest BCUT2D eigenvalue weighted by molar-refractivity contribution is -0.385. The Balaban J connectivity index is 1.68. The number of non-ortho nitro benzene ring substituents is 1. The van der Waals surface area contributed by atoms with E-state index in [1.807, 2.05) is 0 Å². The highest BCUT2D eigenvalue weighted by atomic mass is 19.1. The predicted octanol–water partition coefficient (Wildman–Crippen LogP) is 2.93. The summed E-state index contributed by atoms with van der Waals surface area (Å²) in [7, 11) is 0. The Kier molecular flexibility index (Phi) is 3.92. The van der Waals surface area contributed by atoms with Gasteiger partial charge >= 0.3 is 0 Å². The van der Waals surface area contributed by atoms with Gasteiger partial charge in [-0.1, -0.05) is 0 Å². The summed E-state index contributed by atoms with van der Waals surface area (Å²) in [5.74, 6) is -0.621. The Hall–Kier alpha value is -2.96. The molecule has 0 saturated heterocycles. The highest BCUT2D eigenvalue weighted by molar-refractivity contribution is 5.97. The second-order valence-corrected chi connectivity index (χ2v) is 5.00. The number of Topliss-reactive ketones (excluding diaryl/α,β-unsaturated/α-hetero) is 1. The quantitative estimate of drug-likeness (QED) is 0.481. The van der Waals surface area contributed by atoms with Crippen LogP contribution in [0.25, 0.3) is 0 Å². The van der Waals surface area contributed by atoms with Crippen molar-refractivity contribution in [3.05, 3.63) is 63.5 Å². The SMILES string of the molecule is O=C(COc1ccc([N+](=O)[O-])cc1F)c1ccc2c(c1)CCO2. The molecule has 0 bridgehead atoms. The molecule has 0 aromatic heterocycles. The first-order chi connectivity index (χ1) is 11.0. The number of hydrogen-bond acceptors (Lipinski definition) is 5. The molecule has 2 aromatic carbocycles. The summed E-state index contributed by atoms with van der Waals surface area (Å²) >= 11 is 0. The van der Waals surface area contributed by atoms with E-state index in [4.69, 9.17) is 9.47 Å². The molecule has 6 nitrogen and oxygen atoms in total. The first-order valence-corrected chi connectivity index (χ1v) is 6.90. The van der Waals surface area contributed by atoms with Gasteiger partial charge in [-0.25, -0.2) is 4.39 Å². The van der Waals surface area contributed by atoms with Crippen LogP contribution in [0.5, 0.6) is 11.5 Å². The van der Waals surface area contributed by atoms with Crippen molar-refractivity contribution in [3.63, 3.8) is 0 Å². The average molecular weight is 317 g/mol. The van der Waals surface area contributed by atoms with Crippen molar-refractivity contribution in [2.75, 3.05) is 13.2 Å². The fourth-order valence-electron chi connectivity index (χ4n) is 2.31. The molecule has 1 aliphatic rings. The molecule has 0 fully saturated rings. The Morgan fingerprint density at radius 3 is 2.87 bits per heavy atom. The van der Waals surface area contributed by atoms with Gasteiger partial charge in [0.25, 0.3) is 5.69 Å². The summed E-state index contributed by atoms with van der Waals surface area (Å²) in [5, 5.41) is 10.5. The van der Waals surface area contributed by atoms with E-state index in [-0.39, 0.29) is 23.8 Å². The van der Waals surface area contributed by atoms with Crippen LogP contribution >= 0.6 is 0 Å². The normalized spacial score (nSPS) is 12.4. The molecular weight excluding hydrogens is 305 g/mol. The number of nitro benzene ring substituents is 1. The minimum atomic E-state index is -0.880. The largest absolute Gasteiger partial charge is 0.493 e. The van der Waals surface area contributed by atoms with E-state index in [9.17, 15) is 19.3 Å². The number of fused-ring (bicyclic) bond motifs is 1. The van der Waals surface area contributed by atoms with Crippen molar-refractivity contribution < 1.29 is 23.6 Å². The number of nitrogens with zero attached hydrogens (tertiary/aromatic N) is 1. The maximum atomic E-state index is 13.7. The highest BCUT2D eigenvalue weighted by Crippen LogP contribution is 2.26. The number of benzene rings is 2. The van der Waals surface area contributed by atoms with Crippen LogP contribution in [0.15, 0.2) is 36.4 Å². The van der Waals surface area contributed by atoms with Crippen LogP contribution in [0.4, 0.5) is 10.1 Å². The van der Waals surface area contributed by atoms with Crippen LogP contribution in [0, 0.1) is 15.9 Å². The monoisotopic (exact) mass is 317 g/mol. The third-order valence-electron chi connectivity index (χ3n) is 3.50. The van der Waals surface area contributed by atoms with E-state index in [1.165, 1.54) is 0 Å². The second kappa shape index (κ2) is 6.04. The Morgan fingerprint density at radius 1 is 1.30 bits per heavy atom. The summed E-state index contributed by atoms with van der Waals surface area (Å²) in [6.45, 7) is 0.242. The fraction of sp³-hybridized carbons (Fsp3) is 0.188. The van der Waals surface area contributed by atoms with Crippen molar-refractivity contribution in [2.24, 2.45) is 0 Å². The molecule has 0 spiro atoms. The van der Waals surface area contributed by atoms with Crippen LogP contribution in [0.2, 0.25) is 0 Å². The minimum absolute atomic E-state index is 0.201. The molecule has 0 aliphatic carbocycles. The standard InChI is InChI=1S/C16H12FNO5/c17-13-8-12(18(20)21)2-4-16(13)23-9-14(19)10-1-3-15-11(7-10)5-6-22-15/h1-4,7-8H,5-6,9H2. The summed E-state index contributed by atoms with van der Waals surface area (Å²) in [4.78, 5) is 21.9. The van der Waals surface area contributed by atoms with Crippen molar-refractivity contribution in [3.8, 4) is 11.5 Å². The molecule has 0 radical (unpaired) electrons. The molecule has 0 saturated carbocycles. The first kappa shape index (κ1) is 15.0.